The van der Waals surface area contributed by atoms with Gasteiger partial charge in [0, 0.05) is 17.2 Å². The van der Waals surface area contributed by atoms with Crippen molar-refractivity contribution in [3.05, 3.63) is 64.2 Å². The normalized spacial score (nSPS) is 10.2. The molecule has 0 saturated heterocycles. The molecular formula is C20H16N4O4. The molecule has 0 radical (unpaired) electrons. The summed E-state index contributed by atoms with van der Waals surface area (Å²) in [5, 5.41) is 21.0. The fraction of sp³-hybridized carbons (Fsp3) is 0.100. The second kappa shape index (κ2) is 7.63. The Kier molecular flexibility index (Phi) is 5.09. The molecule has 2 aromatic carbocycles. The predicted molar refractivity (Wildman–Crippen MR) is 104 cm³/mol. The molecule has 8 heteroatoms. The Morgan fingerprint density at radius 3 is 2.46 bits per heavy atom. The third-order valence-electron chi connectivity index (χ3n) is 4.23. The lowest BCUT2D eigenvalue weighted by molar-refractivity contribution is -0.384. The second-order valence-electron chi connectivity index (χ2n) is 5.77. The van der Waals surface area contributed by atoms with E-state index in [1.807, 2.05) is 6.07 Å². The highest BCUT2D eigenvalue weighted by Crippen LogP contribution is 2.39. The lowest BCUT2D eigenvalue weighted by Gasteiger charge is -2.13. The van der Waals surface area contributed by atoms with Gasteiger partial charge in [-0.25, -0.2) is 4.98 Å². The number of nitro benzene ring substituents is 1. The van der Waals surface area contributed by atoms with Crippen molar-refractivity contribution in [2.24, 2.45) is 0 Å². The molecule has 0 amide bonds. The van der Waals surface area contributed by atoms with Crippen LogP contribution in [0.5, 0.6) is 11.5 Å². The van der Waals surface area contributed by atoms with Crippen LogP contribution in [-0.4, -0.2) is 24.1 Å². The highest BCUT2D eigenvalue weighted by molar-refractivity contribution is 5.85. The highest BCUT2D eigenvalue weighted by Gasteiger charge is 2.21. The van der Waals surface area contributed by atoms with E-state index < -0.39 is 4.92 Å². The molecule has 8 nitrogen and oxygen atoms in total. The number of hydrogen-bond donors (Lipinski definition) is 1. The van der Waals surface area contributed by atoms with Crippen LogP contribution in [0.1, 0.15) is 5.56 Å². The Morgan fingerprint density at radius 2 is 1.82 bits per heavy atom. The number of nitro groups is 1. The van der Waals surface area contributed by atoms with Crippen LogP contribution >= 0.6 is 0 Å². The smallest absolute Gasteiger partial charge is 0.277 e. The first kappa shape index (κ1) is 18.7. The van der Waals surface area contributed by atoms with Crippen LogP contribution in [0.15, 0.2) is 48.5 Å². The number of para-hydroxylation sites is 1. The Hall–Kier alpha value is -4.12. The van der Waals surface area contributed by atoms with Gasteiger partial charge in [-0.15, -0.1) is 0 Å². The van der Waals surface area contributed by atoms with E-state index in [0.717, 1.165) is 0 Å². The lowest BCUT2D eigenvalue weighted by Crippen LogP contribution is -2.02. The Labute approximate surface area is 160 Å². The Bertz CT molecular complexity index is 1110. The highest BCUT2D eigenvalue weighted by atomic mass is 16.6. The quantitative estimate of drug-likeness (QED) is 0.530. The number of nitrogen functional groups attached to an aromatic ring is 1. The number of nitriles is 1. The maximum atomic E-state index is 11.5. The first-order chi connectivity index (χ1) is 13.5. The van der Waals surface area contributed by atoms with Gasteiger partial charge >= 0.3 is 0 Å². The first-order valence-corrected chi connectivity index (χ1v) is 8.17. The largest absolute Gasteiger partial charge is 0.497 e. The molecule has 3 aromatic rings. The van der Waals surface area contributed by atoms with E-state index >= 15 is 0 Å². The van der Waals surface area contributed by atoms with Crippen LogP contribution in [0.4, 0.5) is 11.5 Å². The van der Waals surface area contributed by atoms with E-state index in [-0.39, 0.29) is 22.6 Å². The predicted octanol–water partition coefficient (Wildman–Crippen LogP) is 3.79. The number of anilines is 1. The third-order valence-corrected chi connectivity index (χ3v) is 4.23. The van der Waals surface area contributed by atoms with Gasteiger partial charge in [-0.1, -0.05) is 12.1 Å². The number of methoxy groups -OCH3 is 2. The summed E-state index contributed by atoms with van der Waals surface area (Å²) in [6.07, 6.45) is 0. The number of nitrogens with two attached hydrogens (primary N) is 1. The second-order valence-corrected chi connectivity index (χ2v) is 5.77. The molecule has 1 aromatic heterocycles. The minimum absolute atomic E-state index is 0.0296. The lowest BCUT2D eigenvalue weighted by atomic mass is 9.97. The van der Waals surface area contributed by atoms with E-state index in [1.54, 1.807) is 42.5 Å². The molecule has 0 spiro atoms. The number of hydrogen-bond acceptors (Lipinski definition) is 7. The van der Waals surface area contributed by atoms with Crippen LogP contribution in [0.25, 0.3) is 22.4 Å². The van der Waals surface area contributed by atoms with Crippen molar-refractivity contribution in [3.63, 3.8) is 0 Å². The van der Waals surface area contributed by atoms with Crippen LogP contribution in [-0.2, 0) is 0 Å². The summed E-state index contributed by atoms with van der Waals surface area (Å²) < 4.78 is 10.7. The van der Waals surface area contributed by atoms with Gasteiger partial charge in [0.1, 0.15) is 28.9 Å². The minimum Gasteiger partial charge on any atom is -0.497 e. The Balaban J connectivity index is 2.33. The third kappa shape index (κ3) is 3.29. The van der Waals surface area contributed by atoms with Gasteiger partial charge in [-0.3, -0.25) is 10.1 Å². The molecule has 0 aliphatic heterocycles. The van der Waals surface area contributed by atoms with Crippen molar-refractivity contribution in [3.8, 4) is 40.0 Å². The zero-order valence-electron chi connectivity index (χ0n) is 15.2. The number of benzene rings is 2. The number of ether oxygens (including phenoxy) is 2. The van der Waals surface area contributed by atoms with Gasteiger partial charge in [0.15, 0.2) is 0 Å². The first-order valence-electron chi connectivity index (χ1n) is 8.17. The number of rotatable bonds is 5. The average molecular weight is 376 g/mol. The van der Waals surface area contributed by atoms with Gasteiger partial charge < -0.3 is 15.2 Å². The molecule has 1 heterocycles. The summed E-state index contributed by atoms with van der Waals surface area (Å²) in [6.45, 7) is 0. The molecule has 0 atom stereocenters. The van der Waals surface area contributed by atoms with E-state index in [4.69, 9.17) is 15.2 Å². The standard InChI is InChI=1S/C20H16N4O4/c1-27-12-7-8-19(28-2)15(9-12)17-10-14(16(11-21)20(22)23-17)13-5-3-4-6-18(13)24(25)26/h3-10H,1-2H3,(H2,22,23). The molecule has 2 N–H and O–H groups in total. The molecular weight excluding hydrogens is 360 g/mol. The topological polar surface area (TPSA) is 124 Å². The van der Waals surface area contributed by atoms with Crippen molar-refractivity contribution >= 4 is 11.5 Å². The summed E-state index contributed by atoms with van der Waals surface area (Å²) >= 11 is 0. The molecule has 0 fully saturated rings. The molecule has 140 valence electrons. The molecule has 28 heavy (non-hydrogen) atoms. The number of pyridine rings is 1. The van der Waals surface area contributed by atoms with Crippen LogP contribution in [0.3, 0.4) is 0 Å². The fourth-order valence-electron chi connectivity index (χ4n) is 2.91. The van der Waals surface area contributed by atoms with Gasteiger partial charge in [0.2, 0.25) is 0 Å². The van der Waals surface area contributed by atoms with Crippen LogP contribution < -0.4 is 15.2 Å². The summed E-state index contributed by atoms with van der Waals surface area (Å²) in [4.78, 5) is 15.3. The average Bonchev–Trinajstić information content (AvgIpc) is 2.72. The monoisotopic (exact) mass is 376 g/mol. The van der Waals surface area contributed by atoms with Crippen molar-refractivity contribution in [1.82, 2.24) is 4.98 Å². The summed E-state index contributed by atoms with van der Waals surface area (Å²) in [6, 6.07) is 14.9. The maximum absolute atomic E-state index is 11.5. The van der Waals surface area contributed by atoms with Gasteiger partial charge in [-0.2, -0.15) is 5.26 Å². The zero-order valence-corrected chi connectivity index (χ0v) is 15.2. The zero-order chi connectivity index (χ0) is 20.3. The van der Waals surface area contributed by atoms with E-state index in [1.165, 1.54) is 20.3 Å². The van der Waals surface area contributed by atoms with Crippen molar-refractivity contribution in [2.75, 3.05) is 20.0 Å². The van der Waals surface area contributed by atoms with Crippen LogP contribution in [0, 0.1) is 21.4 Å². The van der Waals surface area contributed by atoms with Crippen molar-refractivity contribution < 1.29 is 14.4 Å². The fourth-order valence-corrected chi connectivity index (χ4v) is 2.91. The van der Waals surface area contributed by atoms with Gasteiger partial charge in [-0.05, 0) is 30.3 Å². The van der Waals surface area contributed by atoms with Crippen LogP contribution in [0.2, 0.25) is 0 Å². The molecule has 0 aliphatic rings. The maximum Gasteiger partial charge on any atom is 0.277 e. The summed E-state index contributed by atoms with van der Waals surface area (Å²) in [7, 11) is 3.05. The van der Waals surface area contributed by atoms with Gasteiger partial charge in [0.05, 0.1) is 30.4 Å². The van der Waals surface area contributed by atoms with Gasteiger partial charge in [0.25, 0.3) is 5.69 Å². The SMILES string of the molecule is COc1ccc(OC)c(-c2cc(-c3ccccc3[N+](=O)[O-])c(C#N)c(N)n2)c1. The van der Waals surface area contributed by atoms with E-state index in [9.17, 15) is 15.4 Å². The molecule has 0 saturated carbocycles. The molecule has 0 unspecified atom stereocenters. The minimum atomic E-state index is -0.501. The number of aromatic nitrogens is 1. The van der Waals surface area contributed by atoms with E-state index in [0.29, 0.717) is 28.3 Å². The summed E-state index contributed by atoms with van der Waals surface area (Å²) in [5.41, 5.74) is 7.54. The molecule has 0 bridgehead atoms. The number of nitrogens with zero attached hydrogens (tertiary/aromatic N) is 3. The van der Waals surface area contributed by atoms with E-state index in [2.05, 4.69) is 4.98 Å². The van der Waals surface area contributed by atoms with Crippen molar-refractivity contribution in [1.29, 1.82) is 5.26 Å². The molecule has 3 rings (SSSR count). The Morgan fingerprint density at radius 1 is 1.07 bits per heavy atom. The summed E-state index contributed by atoms with van der Waals surface area (Å²) in [5.74, 6) is 1.07. The molecule has 0 aliphatic carbocycles. The van der Waals surface area contributed by atoms with Crippen molar-refractivity contribution in [2.45, 2.75) is 0 Å².